The van der Waals surface area contributed by atoms with Crippen LogP contribution in [0.15, 0.2) is 54.6 Å². The highest BCUT2D eigenvalue weighted by Gasteiger charge is 2.32. The van der Waals surface area contributed by atoms with Crippen LogP contribution in [0.3, 0.4) is 0 Å². The van der Waals surface area contributed by atoms with Gasteiger partial charge in [-0.15, -0.1) is 0 Å². The first-order valence-electron chi connectivity index (χ1n) is 10.8. The molecule has 0 aliphatic carbocycles. The maximum absolute atomic E-state index is 12.8. The van der Waals surface area contributed by atoms with E-state index in [1.807, 2.05) is 54.6 Å². The Balaban J connectivity index is 1.53. The highest BCUT2D eigenvalue weighted by Crippen LogP contribution is 2.23. The topological polar surface area (TPSA) is 66.5 Å². The van der Waals surface area contributed by atoms with Crippen molar-refractivity contribution in [2.24, 2.45) is 5.92 Å². The summed E-state index contributed by atoms with van der Waals surface area (Å²) in [6.07, 6.45) is 2.75. The Hall–Kier alpha value is -2.18. The molecule has 1 atom stereocenters. The van der Waals surface area contributed by atoms with Crippen LogP contribution in [-0.2, 0) is 21.2 Å². The van der Waals surface area contributed by atoms with Gasteiger partial charge in [-0.05, 0) is 54.9 Å². The molecule has 162 valence electrons. The first-order chi connectivity index (χ1) is 14.3. The van der Waals surface area contributed by atoms with Crippen molar-refractivity contribution in [3.8, 4) is 0 Å². The Labute approximate surface area is 180 Å². The van der Waals surface area contributed by atoms with Gasteiger partial charge in [0.15, 0.2) is 0 Å². The van der Waals surface area contributed by atoms with Crippen LogP contribution in [0, 0.1) is 5.92 Å². The molecule has 0 bridgehead atoms. The van der Waals surface area contributed by atoms with Crippen LogP contribution >= 0.6 is 0 Å². The predicted molar refractivity (Wildman–Crippen MR) is 122 cm³/mol. The number of carbonyl (C=O) groups is 1. The third kappa shape index (κ3) is 6.16. The van der Waals surface area contributed by atoms with Gasteiger partial charge in [0, 0.05) is 18.8 Å². The van der Waals surface area contributed by atoms with Crippen LogP contribution < -0.4 is 5.32 Å². The largest absolute Gasteiger partial charge is 0.326 e. The number of nitrogens with zero attached hydrogens (tertiary/aromatic N) is 1. The summed E-state index contributed by atoms with van der Waals surface area (Å²) in [5.74, 6) is 0.144. The molecule has 5 nitrogen and oxygen atoms in total. The highest BCUT2D eigenvalue weighted by molar-refractivity contribution is 7.89. The molecule has 1 amide bonds. The standard InChI is InChI=1S/C24H32N2O3S/c1-19(2)21-12-14-23(15-13-21)25-24(27)22-11-6-16-26(18-22)30(28,29)17-7-10-20-8-4-3-5-9-20/h3-5,8-9,12-15,19,22H,6-7,10-11,16-18H2,1-2H3,(H,25,27)/t22-/m0/s1. The second kappa shape index (κ2) is 10.2. The number of rotatable bonds is 8. The second-order valence-electron chi connectivity index (χ2n) is 8.37. The average Bonchev–Trinajstić information content (AvgIpc) is 2.75. The van der Waals surface area contributed by atoms with E-state index in [-0.39, 0.29) is 24.1 Å². The molecule has 6 heteroatoms. The Morgan fingerprint density at radius 2 is 1.80 bits per heavy atom. The molecule has 1 N–H and O–H groups in total. The fraction of sp³-hybridized carbons (Fsp3) is 0.458. The molecule has 1 heterocycles. The van der Waals surface area contributed by atoms with Crippen LogP contribution in [0.1, 0.15) is 50.2 Å². The molecule has 30 heavy (non-hydrogen) atoms. The lowest BCUT2D eigenvalue weighted by atomic mass is 9.98. The number of carbonyl (C=O) groups excluding carboxylic acids is 1. The second-order valence-corrected chi connectivity index (χ2v) is 10.5. The monoisotopic (exact) mass is 428 g/mol. The minimum atomic E-state index is -3.35. The summed E-state index contributed by atoms with van der Waals surface area (Å²) in [6, 6.07) is 17.8. The van der Waals surface area contributed by atoms with Gasteiger partial charge in [-0.3, -0.25) is 4.79 Å². The average molecular weight is 429 g/mol. The number of sulfonamides is 1. The quantitative estimate of drug-likeness (QED) is 0.677. The first kappa shape index (κ1) is 22.5. The molecule has 3 rings (SSSR count). The van der Waals surface area contributed by atoms with E-state index in [0.29, 0.717) is 31.7 Å². The summed E-state index contributed by atoms with van der Waals surface area (Å²) in [4.78, 5) is 12.7. The third-order valence-corrected chi connectivity index (χ3v) is 7.63. The minimum Gasteiger partial charge on any atom is -0.326 e. The van der Waals surface area contributed by atoms with Gasteiger partial charge < -0.3 is 5.32 Å². The smallest absolute Gasteiger partial charge is 0.228 e. The number of amides is 1. The summed E-state index contributed by atoms with van der Waals surface area (Å²) >= 11 is 0. The number of hydrogen-bond acceptors (Lipinski definition) is 3. The zero-order chi connectivity index (χ0) is 21.6. The first-order valence-corrected chi connectivity index (χ1v) is 12.4. The van der Waals surface area contributed by atoms with E-state index < -0.39 is 10.0 Å². The van der Waals surface area contributed by atoms with Gasteiger partial charge in [0.25, 0.3) is 0 Å². The Kier molecular flexibility index (Phi) is 7.67. The zero-order valence-electron chi connectivity index (χ0n) is 17.9. The molecule has 2 aromatic rings. The van der Waals surface area contributed by atoms with E-state index in [4.69, 9.17) is 0 Å². The van der Waals surface area contributed by atoms with E-state index in [2.05, 4.69) is 19.2 Å². The number of benzene rings is 2. The van der Waals surface area contributed by atoms with Crippen molar-refractivity contribution in [1.29, 1.82) is 0 Å². The molecule has 0 aromatic heterocycles. The summed E-state index contributed by atoms with van der Waals surface area (Å²) in [7, 11) is -3.35. The molecule has 1 saturated heterocycles. The molecular formula is C24H32N2O3S. The van der Waals surface area contributed by atoms with E-state index in [0.717, 1.165) is 17.7 Å². The van der Waals surface area contributed by atoms with Crippen molar-refractivity contribution in [2.45, 2.75) is 45.4 Å². The summed E-state index contributed by atoms with van der Waals surface area (Å²) in [5, 5.41) is 2.95. The van der Waals surface area contributed by atoms with Gasteiger partial charge in [0.1, 0.15) is 0 Å². The van der Waals surface area contributed by atoms with Gasteiger partial charge in [-0.1, -0.05) is 56.3 Å². The van der Waals surface area contributed by atoms with Crippen molar-refractivity contribution in [3.63, 3.8) is 0 Å². The van der Waals surface area contributed by atoms with Crippen molar-refractivity contribution < 1.29 is 13.2 Å². The number of aryl methyl sites for hydroxylation is 1. The third-order valence-electron chi connectivity index (χ3n) is 5.70. The highest BCUT2D eigenvalue weighted by atomic mass is 32.2. The van der Waals surface area contributed by atoms with Crippen molar-refractivity contribution >= 4 is 21.6 Å². The van der Waals surface area contributed by atoms with E-state index in [1.165, 1.54) is 9.87 Å². The molecule has 0 saturated carbocycles. The SMILES string of the molecule is CC(C)c1ccc(NC(=O)[C@H]2CCCN(S(=O)(=O)CCCc3ccccc3)C2)cc1. The van der Waals surface area contributed by atoms with Crippen LogP contribution in [0.4, 0.5) is 5.69 Å². The molecule has 0 spiro atoms. The lowest BCUT2D eigenvalue weighted by Crippen LogP contribution is -2.44. The summed E-state index contributed by atoms with van der Waals surface area (Å²) < 4.78 is 27.1. The molecule has 0 unspecified atom stereocenters. The van der Waals surface area contributed by atoms with Gasteiger partial charge >= 0.3 is 0 Å². The van der Waals surface area contributed by atoms with Crippen LogP contribution in [0.2, 0.25) is 0 Å². The van der Waals surface area contributed by atoms with Crippen LogP contribution in [0.5, 0.6) is 0 Å². The van der Waals surface area contributed by atoms with Gasteiger partial charge in [-0.25, -0.2) is 12.7 Å². The maximum Gasteiger partial charge on any atom is 0.228 e. The molecule has 1 aliphatic rings. The molecule has 1 fully saturated rings. The molecule has 1 aliphatic heterocycles. The Bertz CT molecular complexity index is 925. The van der Waals surface area contributed by atoms with E-state index >= 15 is 0 Å². The fourth-order valence-corrected chi connectivity index (χ4v) is 5.42. The van der Waals surface area contributed by atoms with Crippen molar-refractivity contribution in [3.05, 3.63) is 65.7 Å². The number of hydrogen-bond donors (Lipinski definition) is 1. The van der Waals surface area contributed by atoms with Crippen molar-refractivity contribution in [1.82, 2.24) is 4.31 Å². The predicted octanol–water partition coefficient (Wildman–Crippen LogP) is 4.42. The van der Waals surface area contributed by atoms with Gasteiger partial charge in [0.05, 0.1) is 11.7 Å². The summed E-state index contributed by atoms with van der Waals surface area (Å²) in [5.41, 5.74) is 3.12. The van der Waals surface area contributed by atoms with Gasteiger partial charge in [0.2, 0.25) is 15.9 Å². The molecular weight excluding hydrogens is 396 g/mol. The Morgan fingerprint density at radius 3 is 2.47 bits per heavy atom. The molecule has 2 aromatic carbocycles. The maximum atomic E-state index is 12.8. The van der Waals surface area contributed by atoms with Gasteiger partial charge in [-0.2, -0.15) is 0 Å². The number of anilines is 1. The summed E-state index contributed by atoms with van der Waals surface area (Å²) in [6.45, 7) is 5.03. The molecule has 0 radical (unpaired) electrons. The normalized spacial score (nSPS) is 17.8. The van der Waals surface area contributed by atoms with Crippen molar-refractivity contribution in [2.75, 3.05) is 24.2 Å². The van der Waals surface area contributed by atoms with E-state index in [9.17, 15) is 13.2 Å². The van der Waals surface area contributed by atoms with E-state index in [1.54, 1.807) is 0 Å². The zero-order valence-corrected chi connectivity index (χ0v) is 18.7. The Morgan fingerprint density at radius 1 is 1.10 bits per heavy atom. The number of piperidine rings is 1. The van der Waals surface area contributed by atoms with Crippen LogP contribution in [-0.4, -0.2) is 37.5 Å². The number of nitrogens with one attached hydrogen (secondary N) is 1. The van der Waals surface area contributed by atoms with Crippen LogP contribution in [0.25, 0.3) is 0 Å². The lowest BCUT2D eigenvalue weighted by molar-refractivity contribution is -0.120. The minimum absolute atomic E-state index is 0.100. The fourth-order valence-electron chi connectivity index (χ4n) is 3.84. The lowest BCUT2D eigenvalue weighted by Gasteiger charge is -2.31.